The molecule has 0 spiro atoms. The van der Waals surface area contributed by atoms with Crippen LogP contribution in [0.3, 0.4) is 0 Å². The Bertz CT molecular complexity index is 1580. The van der Waals surface area contributed by atoms with Gasteiger partial charge in [-0.3, -0.25) is 14.2 Å². The van der Waals surface area contributed by atoms with Crippen LogP contribution in [0.4, 0.5) is 11.4 Å². The number of benzene rings is 3. The van der Waals surface area contributed by atoms with E-state index in [0.29, 0.717) is 16.5 Å². The van der Waals surface area contributed by atoms with E-state index in [0.717, 1.165) is 0 Å². The Hall–Kier alpha value is -3.54. The second-order valence-corrected chi connectivity index (χ2v) is 11.3. The second kappa shape index (κ2) is 9.61. The lowest BCUT2D eigenvalue weighted by atomic mass is 10.1. The van der Waals surface area contributed by atoms with Gasteiger partial charge in [0.15, 0.2) is 0 Å². The third-order valence-corrected chi connectivity index (χ3v) is 7.84. The molecule has 4 aromatic rings. The molecule has 1 heterocycles. The smallest absolute Gasteiger partial charge is 0.303 e. The molecule has 0 saturated heterocycles. The highest BCUT2D eigenvalue weighted by molar-refractivity contribution is 7.93. The number of carboxylic acid groups (broad SMARTS) is 1. The first kappa shape index (κ1) is 24.6. The van der Waals surface area contributed by atoms with Gasteiger partial charge in [-0.2, -0.15) is 8.42 Å². The molecule has 0 bridgehead atoms. The molecule has 9 nitrogen and oxygen atoms in total. The van der Waals surface area contributed by atoms with E-state index in [4.69, 9.17) is 21.1 Å². The van der Waals surface area contributed by atoms with Gasteiger partial charge in [-0.05, 0) is 48.4 Å². The average molecular weight is 535 g/mol. The van der Waals surface area contributed by atoms with Crippen molar-refractivity contribution in [2.75, 3.05) is 9.44 Å². The van der Waals surface area contributed by atoms with Crippen LogP contribution >= 0.6 is 11.6 Å². The first-order valence-corrected chi connectivity index (χ1v) is 13.5. The number of aryl methyl sites for hydroxylation is 1. The maximum Gasteiger partial charge on any atom is 0.303 e. The van der Waals surface area contributed by atoms with Gasteiger partial charge in [-0.25, -0.2) is 8.42 Å². The maximum atomic E-state index is 13.0. The summed E-state index contributed by atoms with van der Waals surface area (Å²) in [4.78, 5) is 10.6. The number of carboxylic acids is 1. The molecule has 182 valence electrons. The minimum Gasteiger partial charge on any atom is -0.481 e. The van der Waals surface area contributed by atoms with Crippen LogP contribution < -0.4 is 9.44 Å². The molecule has 0 fully saturated rings. The molecule has 0 saturated carbocycles. The molecule has 12 heteroatoms. The lowest BCUT2D eigenvalue weighted by Gasteiger charge is -2.14. The van der Waals surface area contributed by atoms with E-state index in [2.05, 4.69) is 9.44 Å². The molecule has 0 unspecified atom stereocenters. The summed E-state index contributed by atoms with van der Waals surface area (Å²) in [7, 11) is -8.32. The topological polar surface area (TPSA) is 143 Å². The van der Waals surface area contributed by atoms with Crippen molar-refractivity contribution in [3.63, 3.8) is 0 Å². The Balaban J connectivity index is 1.60. The number of aliphatic carboxylic acids is 1. The van der Waals surface area contributed by atoms with E-state index >= 15 is 0 Å². The van der Waals surface area contributed by atoms with Crippen molar-refractivity contribution in [2.24, 2.45) is 0 Å². The summed E-state index contributed by atoms with van der Waals surface area (Å²) >= 11 is 6.04. The van der Waals surface area contributed by atoms with Crippen LogP contribution in [-0.4, -0.2) is 27.9 Å². The molecule has 0 aliphatic rings. The monoisotopic (exact) mass is 534 g/mol. The maximum absolute atomic E-state index is 13.0. The van der Waals surface area contributed by atoms with Crippen molar-refractivity contribution in [2.45, 2.75) is 22.8 Å². The third-order valence-electron chi connectivity index (χ3n) is 5.00. The van der Waals surface area contributed by atoms with E-state index in [9.17, 15) is 21.6 Å². The van der Waals surface area contributed by atoms with Gasteiger partial charge in [0.2, 0.25) is 5.09 Å². The minimum absolute atomic E-state index is 0.0518. The number of fused-ring (bicyclic) bond motifs is 1. The zero-order valence-corrected chi connectivity index (χ0v) is 20.3. The van der Waals surface area contributed by atoms with Crippen molar-refractivity contribution in [3.05, 3.63) is 83.4 Å². The largest absolute Gasteiger partial charge is 0.481 e. The lowest BCUT2D eigenvalue weighted by Crippen LogP contribution is -2.17. The van der Waals surface area contributed by atoms with Crippen molar-refractivity contribution < 1.29 is 31.2 Å². The van der Waals surface area contributed by atoms with E-state index in [1.54, 1.807) is 24.3 Å². The zero-order valence-electron chi connectivity index (χ0n) is 17.9. The molecular weight excluding hydrogens is 516 g/mol. The molecule has 0 aliphatic carbocycles. The van der Waals surface area contributed by atoms with Gasteiger partial charge < -0.3 is 9.52 Å². The summed E-state index contributed by atoms with van der Waals surface area (Å²) in [6, 6.07) is 17.9. The molecule has 4 rings (SSSR count). The number of para-hydroxylation sites is 1. The fourth-order valence-electron chi connectivity index (χ4n) is 3.27. The summed E-state index contributed by atoms with van der Waals surface area (Å²) in [6.45, 7) is 0. The Labute approximate surface area is 206 Å². The minimum atomic E-state index is -4.21. The van der Waals surface area contributed by atoms with Gasteiger partial charge in [-0.1, -0.05) is 41.9 Å². The number of nitrogens with one attached hydrogen (secondary N) is 2. The summed E-state index contributed by atoms with van der Waals surface area (Å²) in [5.41, 5.74) is 0.896. The van der Waals surface area contributed by atoms with Crippen LogP contribution in [0.2, 0.25) is 5.02 Å². The van der Waals surface area contributed by atoms with Crippen molar-refractivity contribution in [1.82, 2.24) is 0 Å². The van der Waals surface area contributed by atoms with Crippen LogP contribution in [0, 0.1) is 0 Å². The Kier molecular flexibility index (Phi) is 6.75. The van der Waals surface area contributed by atoms with Crippen LogP contribution in [0.1, 0.15) is 12.0 Å². The number of sulfonamides is 2. The fourth-order valence-corrected chi connectivity index (χ4v) is 5.56. The SMILES string of the molecule is O=C(O)CCc1ccc(S(=O)(=O)Nc2ccc(Cl)cc2NS(=O)(=O)c2cc3ccccc3o2)cc1. The lowest BCUT2D eigenvalue weighted by molar-refractivity contribution is -0.136. The summed E-state index contributed by atoms with van der Waals surface area (Å²) < 4.78 is 61.9. The Morgan fingerprint density at radius 1 is 0.857 bits per heavy atom. The standard InChI is InChI=1S/C23H19ClN2O7S2/c24-17-8-11-19(25-34(29,30)18-9-5-15(6-10-18)7-12-22(27)28)20(14-17)26-35(31,32)23-13-16-3-1-2-4-21(16)33-23/h1-6,8-11,13-14,25-26H,7,12H2,(H,27,28). The first-order valence-electron chi connectivity index (χ1n) is 10.2. The summed E-state index contributed by atoms with van der Waals surface area (Å²) in [6.07, 6.45) is 0.178. The molecule has 0 radical (unpaired) electrons. The number of furan rings is 1. The quantitative estimate of drug-likeness (QED) is 0.282. The summed E-state index contributed by atoms with van der Waals surface area (Å²) in [5.74, 6) is -0.955. The van der Waals surface area contributed by atoms with Gasteiger partial charge in [-0.15, -0.1) is 0 Å². The predicted molar refractivity (Wildman–Crippen MR) is 132 cm³/mol. The number of anilines is 2. The highest BCUT2D eigenvalue weighted by Crippen LogP contribution is 2.31. The van der Waals surface area contributed by atoms with Gasteiger partial charge in [0.05, 0.1) is 16.3 Å². The average Bonchev–Trinajstić information content (AvgIpc) is 3.25. The number of carbonyl (C=O) groups is 1. The second-order valence-electron chi connectivity index (χ2n) is 7.54. The van der Waals surface area contributed by atoms with Crippen LogP contribution in [0.25, 0.3) is 11.0 Å². The Morgan fingerprint density at radius 2 is 1.54 bits per heavy atom. The molecule has 35 heavy (non-hydrogen) atoms. The molecule has 0 aliphatic heterocycles. The number of halogens is 1. The summed E-state index contributed by atoms with van der Waals surface area (Å²) in [5, 5.41) is 9.21. The normalized spacial score (nSPS) is 11.9. The van der Waals surface area contributed by atoms with Crippen LogP contribution in [0.5, 0.6) is 0 Å². The zero-order chi connectivity index (χ0) is 25.2. The van der Waals surface area contributed by atoms with Gasteiger partial charge >= 0.3 is 5.97 Å². The molecule has 1 aromatic heterocycles. The van der Waals surface area contributed by atoms with Crippen molar-refractivity contribution in [1.29, 1.82) is 0 Å². The van der Waals surface area contributed by atoms with Crippen LogP contribution in [-0.2, 0) is 31.3 Å². The van der Waals surface area contributed by atoms with Crippen LogP contribution in [0.15, 0.2) is 87.2 Å². The van der Waals surface area contributed by atoms with E-state index < -0.39 is 26.0 Å². The van der Waals surface area contributed by atoms with Gasteiger partial charge in [0, 0.05) is 22.9 Å². The molecule has 0 amide bonds. The fraction of sp³-hybridized carbons (Fsp3) is 0.0870. The van der Waals surface area contributed by atoms with Gasteiger partial charge in [0.25, 0.3) is 20.0 Å². The molecular formula is C23H19ClN2O7S2. The molecule has 0 atom stereocenters. The number of rotatable bonds is 9. The van der Waals surface area contributed by atoms with E-state index in [1.807, 2.05) is 0 Å². The van der Waals surface area contributed by atoms with E-state index in [1.165, 1.54) is 48.5 Å². The first-order chi connectivity index (χ1) is 16.5. The van der Waals surface area contributed by atoms with Crippen molar-refractivity contribution in [3.8, 4) is 0 Å². The highest BCUT2D eigenvalue weighted by Gasteiger charge is 2.23. The number of hydrogen-bond acceptors (Lipinski definition) is 6. The number of hydrogen-bond donors (Lipinski definition) is 3. The van der Waals surface area contributed by atoms with Gasteiger partial charge in [0.1, 0.15) is 5.58 Å². The molecule has 3 aromatic carbocycles. The highest BCUT2D eigenvalue weighted by atomic mass is 35.5. The molecule has 3 N–H and O–H groups in total. The Morgan fingerprint density at radius 3 is 2.23 bits per heavy atom. The predicted octanol–water partition coefficient (Wildman–Crippen LogP) is 4.71. The van der Waals surface area contributed by atoms with E-state index in [-0.39, 0.29) is 39.2 Å². The third kappa shape index (κ3) is 5.76. The van der Waals surface area contributed by atoms with Crippen molar-refractivity contribution >= 4 is 60.0 Å².